The molecule has 0 saturated heterocycles. The van der Waals surface area contributed by atoms with Gasteiger partial charge in [0.25, 0.3) is 0 Å². The van der Waals surface area contributed by atoms with Gasteiger partial charge in [-0.25, -0.2) is 0 Å². The third-order valence-electron chi connectivity index (χ3n) is 3.98. The summed E-state index contributed by atoms with van der Waals surface area (Å²) < 4.78 is 5.84. The molecule has 0 aromatic heterocycles. The fraction of sp³-hybridized carbons (Fsp3) is 0.364. The summed E-state index contributed by atoms with van der Waals surface area (Å²) in [5.41, 5.74) is 5.56. The molecule has 3 heteroatoms. The Balaban J connectivity index is 1.83. The second-order valence-electron chi connectivity index (χ2n) is 6.15. The van der Waals surface area contributed by atoms with Crippen LogP contribution in [0.15, 0.2) is 73.3 Å². The summed E-state index contributed by atoms with van der Waals surface area (Å²) in [5.74, 6) is 0. The Bertz CT molecular complexity index is 585. The number of hydrogen-bond donors (Lipinski definition) is 1. The quantitative estimate of drug-likeness (QED) is 0.425. The Labute approximate surface area is 151 Å². The molecule has 1 N–H and O–H groups in total. The summed E-state index contributed by atoms with van der Waals surface area (Å²) in [6.07, 6.45) is 4.78. The van der Waals surface area contributed by atoms with Crippen LogP contribution in [-0.2, 0) is 16.2 Å². The topological polar surface area (TPSA) is 30.5 Å². The van der Waals surface area contributed by atoms with E-state index in [4.69, 9.17) is 9.57 Å². The van der Waals surface area contributed by atoms with Crippen LogP contribution in [0.1, 0.15) is 43.4 Å². The highest BCUT2D eigenvalue weighted by Crippen LogP contribution is 2.21. The molecule has 0 amide bonds. The molecule has 2 rings (SSSR count). The maximum absolute atomic E-state index is 6.01. The van der Waals surface area contributed by atoms with Gasteiger partial charge in [-0.15, -0.1) is 6.58 Å². The van der Waals surface area contributed by atoms with Gasteiger partial charge in [0.1, 0.15) is 6.10 Å². The van der Waals surface area contributed by atoms with Crippen molar-refractivity contribution in [3.05, 3.63) is 84.4 Å². The Morgan fingerprint density at radius 2 is 1.72 bits per heavy atom. The lowest BCUT2D eigenvalue weighted by Crippen LogP contribution is -2.34. The molecule has 0 bridgehead atoms. The zero-order valence-corrected chi connectivity index (χ0v) is 15.1. The molecular weight excluding hydrogens is 310 g/mol. The van der Waals surface area contributed by atoms with E-state index in [-0.39, 0.29) is 12.1 Å². The van der Waals surface area contributed by atoms with Gasteiger partial charge in [0.15, 0.2) is 0 Å². The van der Waals surface area contributed by atoms with Crippen LogP contribution in [0.5, 0.6) is 0 Å². The smallest absolute Gasteiger partial charge is 0.104 e. The highest BCUT2D eigenvalue weighted by atomic mass is 16.7. The van der Waals surface area contributed by atoms with Crippen LogP contribution in [0.2, 0.25) is 0 Å². The van der Waals surface area contributed by atoms with Crippen molar-refractivity contribution in [3.63, 3.8) is 0 Å². The third-order valence-corrected chi connectivity index (χ3v) is 3.98. The molecule has 25 heavy (non-hydrogen) atoms. The molecule has 134 valence electrons. The molecule has 2 aromatic carbocycles. The van der Waals surface area contributed by atoms with E-state index in [9.17, 15) is 0 Å². The molecule has 0 aliphatic heterocycles. The zero-order chi connectivity index (χ0) is 17.7. The van der Waals surface area contributed by atoms with Crippen LogP contribution in [0, 0.1) is 0 Å². The molecular formula is C22H29NO2. The Morgan fingerprint density at radius 3 is 2.36 bits per heavy atom. The highest BCUT2D eigenvalue weighted by Gasteiger charge is 2.14. The van der Waals surface area contributed by atoms with Crippen molar-refractivity contribution in [2.75, 3.05) is 6.61 Å². The first-order valence-corrected chi connectivity index (χ1v) is 9.02. The zero-order valence-electron chi connectivity index (χ0n) is 15.1. The molecule has 0 radical (unpaired) electrons. The second-order valence-corrected chi connectivity index (χ2v) is 6.15. The maximum Gasteiger partial charge on any atom is 0.104 e. The minimum Gasteiger partial charge on any atom is -0.375 e. The molecule has 1 unspecified atom stereocenters. The van der Waals surface area contributed by atoms with E-state index in [0.29, 0.717) is 13.2 Å². The number of hydrogen-bond acceptors (Lipinski definition) is 3. The van der Waals surface area contributed by atoms with Crippen molar-refractivity contribution in [3.8, 4) is 0 Å². The average Bonchev–Trinajstić information content (AvgIpc) is 2.66. The van der Waals surface area contributed by atoms with Crippen molar-refractivity contribution in [2.45, 2.75) is 44.9 Å². The van der Waals surface area contributed by atoms with E-state index in [0.717, 1.165) is 19.3 Å². The molecule has 0 fully saturated rings. The second kappa shape index (κ2) is 11.6. The van der Waals surface area contributed by atoms with Crippen molar-refractivity contribution in [1.82, 2.24) is 5.48 Å². The van der Waals surface area contributed by atoms with E-state index in [1.54, 1.807) is 0 Å². The van der Waals surface area contributed by atoms with Crippen LogP contribution in [0.4, 0.5) is 0 Å². The molecule has 0 saturated carbocycles. The lowest BCUT2D eigenvalue weighted by molar-refractivity contribution is -0.0654. The molecule has 0 spiro atoms. The van der Waals surface area contributed by atoms with Crippen molar-refractivity contribution in [2.24, 2.45) is 0 Å². The van der Waals surface area contributed by atoms with E-state index in [2.05, 4.69) is 43.2 Å². The lowest BCUT2D eigenvalue weighted by Gasteiger charge is -2.23. The van der Waals surface area contributed by atoms with Gasteiger partial charge in [-0.3, -0.25) is 4.84 Å². The summed E-state index contributed by atoms with van der Waals surface area (Å²) in [6.45, 7) is 7.19. The molecule has 3 nitrogen and oxygen atoms in total. The number of rotatable bonds is 12. The van der Waals surface area contributed by atoms with Gasteiger partial charge in [-0.05, 0) is 24.0 Å². The Morgan fingerprint density at radius 1 is 1.04 bits per heavy atom. The number of ether oxygens (including phenoxy) is 1. The first kappa shape index (κ1) is 19.4. The number of nitrogens with one attached hydrogen (secondary N) is 1. The predicted molar refractivity (Wildman–Crippen MR) is 103 cm³/mol. The summed E-state index contributed by atoms with van der Waals surface area (Å²) in [4.78, 5) is 6.01. The minimum absolute atomic E-state index is 0.0487. The van der Waals surface area contributed by atoms with Gasteiger partial charge in [0, 0.05) is 0 Å². The first-order chi connectivity index (χ1) is 12.3. The fourth-order valence-corrected chi connectivity index (χ4v) is 2.65. The maximum atomic E-state index is 6.01. The largest absolute Gasteiger partial charge is 0.375 e. The van der Waals surface area contributed by atoms with Gasteiger partial charge in [0.05, 0.1) is 19.3 Å². The van der Waals surface area contributed by atoms with Crippen LogP contribution in [0.25, 0.3) is 0 Å². The van der Waals surface area contributed by atoms with Crippen molar-refractivity contribution >= 4 is 0 Å². The van der Waals surface area contributed by atoms with E-state index >= 15 is 0 Å². The molecule has 0 heterocycles. The molecule has 2 aromatic rings. The predicted octanol–water partition coefficient (Wildman–Crippen LogP) is 5.21. The Hall–Kier alpha value is -1.94. The molecule has 2 atom stereocenters. The van der Waals surface area contributed by atoms with E-state index < -0.39 is 0 Å². The SMILES string of the molecule is C=CC[C@@H](COCc1ccccc1)NOC(CCC)c1ccccc1. The van der Waals surface area contributed by atoms with Gasteiger partial charge in [-0.1, -0.05) is 80.1 Å². The monoisotopic (exact) mass is 339 g/mol. The van der Waals surface area contributed by atoms with Gasteiger partial charge >= 0.3 is 0 Å². The lowest BCUT2D eigenvalue weighted by atomic mass is 10.1. The highest BCUT2D eigenvalue weighted by molar-refractivity contribution is 5.17. The van der Waals surface area contributed by atoms with Crippen LogP contribution in [0.3, 0.4) is 0 Å². The van der Waals surface area contributed by atoms with Gasteiger partial charge in [-0.2, -0.15) is 5.48 Å². The molecule has 0 aliphatic rings. The average molecular weight is 339 g/mol. The van der Waals surface area contributed by atoms with Crippen LogP contribution >= 0.6 is 0 Å². The minimum atomic E-state index is 0.0487. The van der Waals surface area contributed by atoms with Gasteiger partial charge in [0.2, 0.25) is 0 Å². The number of benzene rings is 2. The number of hydroxylamine groups is 1. The first-order valence-electron chi connectivity index (χ1n) is 9.02. The summed E-state index contributed by atoms with van der Waals surface area (Å²) >= 11 is 0. The van der Waals surface area contributed by atoms with E-state index in [1.165, 1.54) is 11.1 Å². The molecule has 0 aliphatic carbocycles. The third kappa shape index (κ3) is 7.22. The van der Waals surface area contributed by atoms with Crippen molar-refractivity contribution < 1.29 is 9.57 Å². The standard InChI is InChI=1S/C22H29NO2/c1-3-11-21(18-24-17-19-13-7-5-8-14-19)23-25-22(12-4-2)20-15-9-6-10-16-20/h3,5-10,13-16,21-23H,1,4,11-12,17-18H2,2H3/t21-,22?/m0/s1. The van der Waals surface area contributed by atoms with Crippen LogP contribution < -0.4 is 5.48 Å². The Kier molecular flexibility index (Phi) is 8.98. The van der Waals surface area contributed by atoms with E-state index in [1.807, 2.05) is 42.5 Å². The van der Waals surface area contributed by atoms with Crippen LogP contribution in [-0.4, -0.2) is 12.6 Å². The summed E-state index contributed by atoms with van der Waals surface area (Å²) in [5, 5.41) is 0. The summed E-state index contributed by atoms with van der Waals surface area (Å²) in [7, 11) is 0. The fourth-order valence-electron chi connectivity index (χ4n) is 2.65. The summed E-state index contributed by atoms with van der Waals surface area (Å²) in [6, 6.07) is 20.6. The van der Waals surface area contributed by atoms with Crippen molar-refractivity contribution in [1.29, 1.82) is 0 Å². The normalized spacial score (nSPS) is 13.3. The van der Waals surface area contributed by atoms with Gasteiger partial charge < -0.3 is 4.74 Å².